The predicted molar refractivity (Wildman–Crippen MR) is 69.4 cm³/mol. The molecule has 0 spiro atoms. The second-order valence-corrected chi connectivity index (χ2v) is 5.03. The predicted octanol–water partition coefficient (Wildman–Crippen LogP) is 2.45. The van der Waals surface area contributed by atoms with Gasteiger partial charge in [-0.05, 0) is 41.6 Å². The van der Waals surface area contributed by atoms with Crippen LogP contribution in [0.15, 0.2) is 10.8 Å². The van der Waals surface area contributed by atoms with Crippen LogP contribution in [0.5, 0.6) is 0 Å². The number of aromatic nitrogens is 2. The summed E-state index contributed by atoms with van der Waals surface area (Å²) in [5.74, 6) is 2.25. The van der Waals surface area contributed by atoms with Gasteiger partial charge in [-0.3, -0.25) is 0 Å². The van der Waals surface area contributed by atoms with Gasteiger partial charge in [0, 0.05) is 13.1 Å². The fourth-order valence-corrected chi connectivity index (χ4v) is 2.40. The van der Waals surface area contributed by atoms with Crippen LogP contribution < -0.4 is 10.6 Å². The average Bonchev–Trinajstić information content (AvgIpc) is 2.22. The molecule has 1 aliphatic rings. The third kappa shape index (κ3) is 2.29. The van der Waals surface area contributed by atoms with Crippen LogP contribution in [-0.2, 0) is 0 Å². The summed E-state index contributed by atoms with van der Waals surface area (Å²) in [5.41, 5.74) is 5.77. The molecule has 2 rings (SSSR count). The number of hydrogen-bond acceptors (Lipinski definition) is 4. The van der Waals surface area contributed by atoms with E-state index in [2.05, 4.69) is 37.7 Å². The normalized spacial score (nSPS) is 15.9. The Hall–Kier alpha value is -0.840. The van der Waals surface area contributed by atoms with Crippen LogP contribution in [0.1, 0.15) is 26.2 Å². The van der Waals surface area contributed by atoms with Gasteiger partial charge in [-0.25, -0.2) is 9.97 Å². The molecule has 16 heavy (non-hydrogen) atoms. The number of anilines is 2. The molecule has 0 atom stereocenters. The maximum Gasteiger partial charge on any atom is 0.148 e. The van der Waals surface area contributed by atoms with E-state index < -0.39 is 0 Å². The molecule has 4 nitrogen and oxygen atoms in total. The fraction of sp³-hybridized carbons (Fsp3) is 0.636. The number of nitrogens with zero attached hydrogens (tertiary/aromatic N) is 3. The minimum absolute atomic E-state index is 0.511. The van der Waals surface area contributed by atoms with Crippen molar-refractivity contribution in [3.8, 4) is 0 Å². The van der Waals surface area contributed by atoms with E-state index in [4.69, 9.17) is 5.73 Å². The Morgan fingerprint density at radius 2 is 2.25 bits per heavy atom. The van der Waals surface area contributed by atoms with Gasteiger partial charge in [-0.1, -0.05) is 6.42 Å². The Balaban J connectivity index is 2.15. The highest BCUT2D eigenvalue weighted by molar-refractivity contribution is 9.10. The summed E-state index contributed by atoms with van der Waals surface area (Å²) in [4.78, 5) is 10.5. The van der Waals surface area contributed by atoms with Gasteiger partial charge in [-0.15, -0.1) is 0 Å². The van der Waals surface area contributed by atoms with Crippen molar-refractivity contribution in [2.24, 2.45) is 5.92 Å². The van der Waals surface area contributed by atoms with E-state index in [0.717, 1.165) is 29.3 Å². The largest absolute Gasteiger partial charge is 0.383 e. The Bertz CT molecular complexity index is 365. The number of rotatable bonds is 4. The first-order chi connectivity index (χ1) is 7.72. The zero-order valence-corrected chi connectivity index (χ0v) is 11.1. The lowest BCUT2D eigenvalue weighted by Gasteiger charge is -2.32. The quantitative estimate of drug-likeness (QED) is 0.923. The van der Waals surface area contributed by atoms with Crippen molar-refractivity contribution in [2.75, 3.05) is 23.7 Å². The molecule has 0 radical (unpaired) electrons. The van der Waals surface area contributed by atoms with Crippen molar-refractivity contribution < 1.29 is 0 Å². The third-order valence-corrected chi connectivity index (χ3v) is 3.94. The number of nitrogens with two attached hydrogens (primary N) is 1. The number of nitrogen functional groups attached to an aromatic ring is 1. The van der Waals surface area contributed by atoms with Crippen molar-refractivity contribution in [2.45, 2.75) is 26.2 Å². The second kappa shape index (κ2) is 4.99. The Morgan fingerprint density at radius 3 is 2.81 bits per heavy atom. The van der Waals surface area contributed by atoms with Crippen molar-refractivity contribution >= 4 is 27.6 Å². The summed E-state index contributed by atoms with van der Waals surface area (Å²) in [5, 5.41) is 0. The Labute approximate surface area is 104 Å². The van der Waals surface area contributed by atoms with Gasteiger partial charge in [-0.2, -0.15) is 0 Å². The van der Waals surface area contributed by atoms with E-state index in [9.17, 15) is 0 Å². The summed E-state index contributed by atoms with van der Waals surface area (Å²) >= 11 is 3.46. The minimum Gasteiger partial charge on any atom is -0.383 e. The molecule has 0 bridgehead atoms. The van der Waals surface area contributed by atoms with E-state index in [-0.39, 0.29) is 0 Å². The van der Waals surface area contributed by atoms with Crippen molar-refractivity contribution in [1.29, 1.82) is 0 Å². The maximum absolute atomic E-state index is 5.77. The lowest BCUT2D eigenvalue weighted by Crippen LogP contribution is -2.33. The van der Waals surface area contributed by atoms with E-state index in [1.54, 1.807) is 0 Å². The highest BCUT2D eigenvalue weighted by atomic mass is 79.9. The molecule has 0 unspecified atom stereocenters. The third-order valence-electron chi connectivity index (χ3n) is 3.18. The molecule has 0 aliphatic heterocycles. The van der Waals surface area contributed by atoms with Gasteiger partial charge in [0.05, 0.1) is 0 Å². The molecular formula is C11H17BrN4. The van der Waals surface area contributed by atoms with Crippen LogP contribution >= 0.6 is 15.9 Å². The highest BCUT2D eigenvalue weighted by Crippen LogP contribution is 2.32. The zero-order chi connectivity index (χ0) is 11.5. The van der Waals surface area contributed by atoms with Gasteiger partial charge < -0.3 is 10.6 Å². The molecule has 0 saturated heterocycles. The molecule has 0 amide bonds. The molecule has 1 fully saturated rings. The van der Waals surface area contributed by atoms with Crippen molar-refractivity contribution in [3.05, 3.63) is 10.8 Å². The standard InChI is InChI=1S/C11H17BrN4/c1-2-16(6-8-4-3-5-8)11-9(12)10(13)14-7-15-11/h7-8H,2-6H2,1H3,(H2,13,14,15). The molecule has 0 aromatic carbocycles. The highest BCUT2D eigenvalue weighted by Gasteiger charge is 2.22. The zero-order valence-electron chi connectivity index (χ0n) is 9.49. The smallest absolute Gasteiger partial charge is 0.148 e. The van der Waals surface area contributed by atoms with E-state index >= 15 is 0 Å². The fourth-order valence-electron chi connectivity index (χ4n) is 1.95. The number of hydrogen-bond donors (Lipinski definition) is 1. The first-order valence-electron chi connectivity index (χ1n) is 5.73. The molecule has 5 heteroatoms. The van der Waals surface area contributed by atoms with Gasteiger partial charge in [0.1, 0.15) is 22.4 Å². The molecule has 1 heterocycles. The van der Waals surface area contributed by atoms with Gasteiger partial charge in [0.25, 0.3) is 0 Å². The van der Waals surface area contributed by atoms with E-state index in [1.165, 1.54) is 25.6 Å². The molecule has 1 saturated carbocycles. The minimum atomic E-state index is 0.511. The van der Waals surface area contributed by atoms with Gasteiger partial charge >= 0.3 is 0 Å². The molecular weight excluding hydrogens is 268 g/mol. The molecule has 1 aromatic heterocycles. The summed E-state index contributed by atoms with van der Waals surface area (Å²) in [6.45, 7) is 4.17. The van der Waals surface area contributed by atoms with Gasteiger partial charge in [0.15, 0.2) is 0 Å². The lowest BCUT2D eigenvalue weighted by molar-refractivity contribution is 0.318. The first-order valence-corrected chi connectivity index (χ1v) is 6.52. The molecule has 2 N–H and O–H groups in total. The topological polar surface area (TPSA) is 55.0 Å². The molecule has 1 aromatic rings. The summed E-state index contributed by atoms with van der Waals surface area (Å²) in [7, 11) is 0. The SMILES string of the molecule is CCN(CC1CCC1)c1ncnc(N)c1Br. The van der Waals surface area contributed by atoms with Crippen LogP contribution in [0.4, 0.5) is 11.6 Å². The molecule has 1 aliphatic carbocycles. The van der Waals surface area contributed by atoms with Crippen LogP contribution in [0.25, 0.3) is 0 Å². The second-order valence-electron chi connectivity index (χ2n) is 4.23. The van der Waals surface area contributed by atoms with Crippen molar-refractivity contribution in [1.82, 2.24) is 9.97 Å². The van der Waals surface area contributed by atoms with E-state index in [0.29, 0.717) is 5.82 Å². The number of halogens is 1. The summed E-state index contributed by atoms with van der Waals surface area (Å²) in [6.07, 6.45) is 5.58. The van der Waals surface area contributed by atoms with Crippen LogP contribution in [-0.4, -0.2) is 23.1 Å². The van der Waals surface area contributed by atoms with Crippen molar-refractivity contribution in [3.63, 3.8) is 0 Å². The van der Waals surface area contributed by atoms with Gasteiger partial charge in [0.2, 0.25) is 0 Å². The van der Waals surface area contributed by atoms with E-state index in [1.807, 2.05) is 0 Å². The molecule has 88 valence electrons. The van der Waals surface area contributed by atoms with Crippen LogP contribution in [0, 0.1) is 5.92 Å². The average molecular weight is 285 g/mol. The van der Waals surface area contributed by atoms with Crippen LogP contribution in [0.3, 0.4) is 0 Å². The summed E-state index contributed by atoms with van der Waals surface area (Å²) in [6, 6.07) is 0. The first kappa shape index (κ1) is 11.6. The monoisotopic (exact) mass is 284 g/mol. The van der Waals surface area contributed by atoms with Crippen LogP contribution in [0.2, 0.25) is 0 Å². The Morgan fingerprint density at radius 1 is 1.50 bits per heavy atom. The lowest BCUT2D eigenvalue weighted by atomic mass is 9.85. The maximum atomic E-state index is 5.77. The summed E-state index contributed by atoms with van der Waals surface area (Å²) < 4.78 is 0.816. The Kier molecular flexibility index (Phi) is 3.63.